The third-order valence-corrected chi connectivity index (χ3v) is 2.59. The van der Waals surface area contributed by atoms with Crippen LogP contribution in [0.5, 0.6) is 0 Å². The summed E-state index contributed by atoms with van der Waals surface area (Å²) in [7, 11) is 0. The van der Waals surface area contributed by atoms with Crippen LogP contribution < -0.4 is 0 Å². The molecule has 0 N–H and O–H groups in total. The minimum Gasteiger partial charge on any atom is -0.391 e. The average molecular weight is 220 g/mol. The van der Waals surface area contributed by atoms with Gasteiger partial charge in [0.15, 0.2) is 6.61 Å². The minimum absolute atomic E-state index is 0.514. The Morgan fingerprint density at radius 2 is 2.60 bits per heavy atom. The Labute approximate surface area is 71.6 Å². The van der Waals surface area contributed by atoms with Gasteiger partial charge in [0.2, 0.25) is 0 Å². The molecule has 0 bridgehead atoms. The highest BCUT2D eigenvalue weighted by atomic mass is 79.9. The van der Waals surface area contributed by atoms with Crippen molar-refractivity contribution in [3.8, 4) is 0 Å². The van der Waals surface area contributed by atoms with Crippen LogP contribution in [0.15, 0.2) is 21.1 Å². The fourth-order valence-electron chi connectivity index (χ4n) is 0.539. The van der Waals surface area contributed by atoms with Crippen LogP contribution in [-0.2, 0) is 11.4 Å². The van der Waals surface area contributed by atoms with Crippen LogP contribution in [0.4, 0.5) is 0 Å². The first-order valence-electron chi connectivity index (χ1n) is 2.64. The molecule has 0 radical (unpaired) electrons. The number of thiophene rings is 1. The van der Waals surface area contributed by atoms with Gasteiger partial charge in [-0.25, -0.2) is 0 Å². The van der Waals surface area contributed by atoms with E-state index >= 15 is 0 Å². The van der Waals surface area contributed by atoms with Crippen molar-refractivity contribution in [1.29, 1.82) is 0 Å². The summed E-state index contributed by atoms with van der Waals surface area (Å²) in [6.45, 7) is 3.72. The molecule has 4 heteroatoms. The summed E-state index contributed by atoms with van der Waals surface area (Å²) in [5.41, 5.74) is 0. The van der Waals surface area contributed by atoms with Gasteiger partial charge in [-0.2, -0.15) is 0 Å². The Morgan fingerprint density at radius 3 is 3.10 bits per heavy atom. The Kier molecular flexibility index (Phi) is 2.89. The van der Waals surface area contributed by atoms with Crippen molar-refractivity contribution in [2.24, 2.45) is 5.16 Å². The van der Waals surface area contributed by atoms with Gasteiger partial charge < -0.3 is 4.84 Å². The maximum absolute atomic E-state index is 4.74. The lowest BCUT2D eigenvalue weighted by atomic mass is 10.5. The van der Waals surface area contributed by atoms with E-state index in [-0.39, 0.29) is 0 Å². The zero-order chi connectivity index (χ0) is 7.40. The summed E-state index contributed by atoms with van der Waals surface area (Å²) >= 11 is 4.96. The third kappa shape index (κ3) is 2.11. The molecule has 1 heterocycles. The molecule has 54 valence electrons. The Balaban J connectivity index is 2.49. The lowest BCUT2D eigenvalue weighted by Crippen LogP contribution is -1.78. The molecular formula is C6H6BrNOS. The van der Waals surface area contributed by atoms with Crippen LogP contribution in [0.3, 0.4) is 0 Å². The van der Waals surface area contributed by atoms with Gasteiger partial charge >= 0.3 is 0 Å². The number of rotatable bonds is 3. The molecule has 0 aliphatic rings. The summed E-state index contributed by atoms with van der Waals surface area (Å²) in [6, 6.07) is 2.00. The average Bonchev–Trinajstić information content (AvgIpc) is 2.31. The second-order valence-electron chi connectivity index (χ2n) is 1.63. The van der Waals surface area contributed by atoms with Crippen molar-refractivity contribution < 1.29 is 4.84 Å². The molecular weight excluding hydrogens is 214 g/mol. The van der Waals surface area contributed by atoms with Crippen molar-refractivity contribution in [3.63, 3.8) is 0 Å². The Bertz CT molecular complexity index is 223. The van der Waals surface area contributed by atoms with Gasteiger partial charge in [0.25, 0.3) is 0 Å². The molecule has 0 spiro atoms. The largest absolute Gasteiger partial charge is 0.391 e. The number of halogens is 1. The monoisotopic (exact) mass is 219 g/mol. The lowest BCUT2D eigenvalue weighted by Gasteiger charge is -1.91. The molecule has 0 saturated heterocycles. The summed E-state index contributed by atoms with van der Waals surface area (Å²) in [5, 5.41) is 5.28. The van der Waals surface area contributed by atoms with Crippen LogP contribution in [0.2, 0.25) is 0 Å². The molecule has 1 rings (SSSR count). The molecule has 0 aliphatic carbocycles. The Morgan fingerprint density at radius 1 is 1.80 bits per heavy atom. The van der Waals surface area contributed by atoms with Gasteiger partial charge in [-0.1, -0.05) is 0 Å². The first-order chi connectivity index (χ1) is 4.83. The molecule has 0 aromatic carbocycles. The fraction of sp³-hybridized carbons (Fsp3) is 0.167. The van der Waals surface area contributed by atoms with E-state index in [4.69, 9.17) is 4.84 Å². The first-order valence-corrected chi connectivity index (χ1v) is 4.31. The summed E-state index contributed by atoms with van der Waals surface area (Å²) in [4.78, 5) is 5.87. The zero-order valence-corrected chi connectivity index (χ0v) is 7.61. The molecule has 0 fully saturated rings. The van der Waals surface area contributed by atoms with Crippen molar-refractivity contribution in [2.75, 3.05) is 0 Å². The molecule has 0 atom stereocenters. The minimum atomic E-state index is 0.514. The molecule has 0 aliphatic heterocycles. The van der Waals surface area contributed by atoms with E-state index in [1.165, 1.54) is 0 Å². The van der Waals surface area contributed by atoms with Crippen LogP contribution >= 0.6 is 27.3 Å². The highest BCUT2D eigenvalue weighted by molar-refractivity contribution is 9.10. The smallest absolute Gasteiger partial charge is 0.151 e. The van der Waals surface area contributed by atoms with Crippen molar-refractivity contribution in [3.05, 3.63) is 20.8 Å². The number of hydrogen-bond acceptors (Lipinski definition) is 3. The molecule has 1 aromatic heterocycles. The maximum atomic E-state index is 4.74. The number of nitrogens with zero attached hydrogens (tertiary/aromatic N) is 1. The quantitative estimate of drug-likeness (QED) is 0.566. The normalized spacial score (nSPS) is 9.30. The van der Waals surface area contributed by atoms with Crippen LogP contribution in [-0.4, -0.2) is 6.72 Å². The summed E-state index contributed by atoms with van der Waals surface area (Å²) < 4.78 is 1.08. The van der Waals surface area contributed by atoms with Crippen molar-refractivity contribution in [2.45, 2.75) is 6.61 Å². The summed E-state index contributed by atoms with van der Waals surface area (Å²) in [6.07, 6.45) is 0. The number of oxime groups is 1. The second-order valence-corrected chi connectivity index (χ2v) is 3.55. The Hall–Kier alpha value is -0.350. The zero-order valence-electron chi connectivity index (χ0n) is 5.21. The summed E-state index contributed by atoms with van der Waals surface area (Å²) in [5.74, 6) is 0. The lowest BCUT2D eigenvalue weighted by molar-refractivity contribution is 0.135. The SMILES string of the molecule is C=NOCc1cc(Br)cs1. The second kappa shape index (κ2) is 3.73. The van der Waals surface area contributed by atoms with Crippen LogP contribution in [0.25, 0.3) is 0 Å². The van der Waals surface area contributed by atoms with E-state index < -0.39 is 0 Å². The van der Waals surface area contributed by atoms with E-state index in [2.05, 4.69) is 27.8 Å². The van der Waals surface area contributed by atoms with E-state index in [1.54, 1.807) is 11.3 Å². The molecule has 0 unspecified atom stereocenters. The number of hydrogen-bond donors (Lipinski definition) is 0. The molecule has 2 nitrogen and oxygen atoms in total. The van der Waals surface area contributed by atoms with E-state index in [9.17, 15) is 0 Å². The van der Waals surface area contributed by atoms with Gasteiger partial charge in [0.05, 0.1) is 0 Å². The van der Waals surface area contributed by atoms with Gasteiger partial charge in [-0.15, -0.1) is 16.5 Å². The van der Waals surface area contributed by atoms with Crippen LogP contribution in [0.1, 0.15) is 4.88 Å². The van der Waals surface area contributed by atoms with Crippen LogP contribution in [0, 0.1) is 0 Å². The van der Waals surface area contributed by atoms with Crippen molar-refractivity contribution in [1.82, 2.24) is 0 Å². The predicted molar refractivity (Wildman–Crippen MR) is 46.4 cm³/mol. The molecule has 0 saturated carbocycles. The van der Waals surface area contributed by atoms with Gasteiger partial charge in [-0.05, 0) is 22.0 Å². The van der Waals surface area contributed by atoms with E-state index in [0.29, 0.717) is 6.61 Å². The topological polar surface area (TPSA) is 21.6 Å². The molecule has 1 aromatic rings. The molecule has 0 amide bonds. The molecule has 10 heavy (non-hydrogen) atoms. The van der Waals surface area contributed by atoms with Gasteiger partial charge in [0.1, 0.15) is 0 Å². The fourth-order valence-corrected chi connectivity index (χ4v) is 1.89. The van der Waals surface area contributed by atoms with Crippen molar-refractivity contribution >= 4 is 34.0 Å². The van der Waals surface area contributed by atoms with E-state index in [0.717, 1.165) is 9.35 Å². The van der Waals surface area contributed by atoms with Gasteiger partial charge in [-0.3, -0.25) is 0 Å². The predicted octanol–water partition coefficient (Wildman–Crippen LogP) is 2.64. The van der Waals surface area contributed by atoms with Gasteiger partial charge in [0, 0.05) is 21.4 Å². The first kappa shape index (κ1) is 7.75. The van der Waals surface area contributed by atoms with E-state index in [1.807, 2.05) is 11.4 Å². The standard InChI is InChI=1S/C6H6BrNOS/c1-8-9-3-6-2-5(7)4-10-6/h2,4H,1,3H2. The highest BCUT2D eigenvalue weighted by Gasteiger charge is 1.95. The third-order valence-electron chi connectivity index (χ3n) is 0.920. The maximum Gasteiger partial charge on any atom is 0.151 e. The highest BCUT2D eigenvalue weighted by Crippen LogP contribution is 2.20.